The molecule has 1 aromatic heterocycles. The van der Waals surface area contributed by atoms with Gasteiger partial charge in [-0.3, -0.25) is 0 Å². The minimum Gasteiger partial charge on any atom is -0.342 e. The van der Waals surface area contributed by atoms with Crippen molar-refractivity contribution in [2.75, 3.05) is 0 Å². The Kier molecular flexibility index (Phi) is 2.70. The molecular weight excluding hydrogens is 222 g/mol. The van der Waals surface area contributed by atoms with E-state index in [1.165, 1.54) is 0 Å². The number of aromatic nitrogens is 2. The maximum atomic E-state index is 9.18. The van der Waals surface area contributed by atoms with Crippen LogP contribution >= 0.6 is 0 Å². The molecule has 0 aliphatic heterocycles. The van der Waals surface area contributed by atoms with Crippen LogP contribution in [0.25, 0.3) is 11.0 Å². The predicted octanol–water partition coefficient (Wildman–Crippen LogP) is 3.66. The van der Waals surface area contributed by atoms with Gasteiger partial charge in [0.2, 0.25) is 0 Å². The van der Waals surface area contributed by atoms with Crippen molar-refractivity contribution in [1.29, 1.82) is 5.26 Å². The molecule has 3 heteroatoms. The van der Waals surface area contributed by atoms with Crippen LogP contribution < -0.4 is 0 Å². The fourth-order valence-corrected chi connectivity index (χ4v) is 1.82. The Balaban J connectivity index is 2.57. The number of fused-ring (bicyclic) bond motifs is 1. The zero-order chi connectivity index (χ0) is 13.6. The van der Waals surface area contributed by atoms with Crippen molar-refractivity contribution in [1.82, 2.24) is 9.97 Å². The van der Waals surface area contributed by atoms with Crippen molar-refractivity contribution < 1.29 is 0 Å². The highest BCUT2D eigenvalue weighted by Crippen LogP contribution is 2.27. The summed E-state index contributed by atoms with van der Waals surface area (Å²) in [6, 6.07) is 8.32. The van der Waals surface area contributed by atoms with Crippen LogP contribution in [0.3, 0.4) is 0 Å². The van der Waals surface area contributed by atoms with Crippen LogP contribution in [0, 0.1) is 11.3 Å². The Hall–Kier alpha value is -1.82. The van der Waals surface area contributed by atoms with Crippen LogP contribution in [-0.2, 0) is 10.8 Å². The SMILES string of the molecule is CC(C)(C)c1nc2ccc(C(C)(C)C#N)cc2[nH]1. The van der Waals surface area contributed by atoms with E-state index in [1.54, 1.807) is 0 Å². The Morgan fingerprint density at radius 2 is 1.83 bits per heavy atom. The van der Waals surface area contributed by atoms with Gasteiger partial charge in [0.1, 0.15) is 5.82 Å². The highest BCUT2D eigenvalue weighted by atomic mass is 14.9. The summed E-state index contributed by atoms with van der Waals surface area (Å²) in [4.78, 5) is 7.95. The Labute approximate surface area is 108 Å². The molecule has 18 heavy (non-hydrogen) atoms. The van der Waals surface area contributed by atoms with Crippen molar-refractivity contribution in [3.8, 4) is 6.07 Å². The van der Waals surface area contributed by atoms with Crippen molar-refractivity contribution >= 4 is 11.0 Å². The minimum absolute atomic E-state index is 0.00390. The molecule has 94 valence electrons. The lowest BCUT2D eigenvalue weighted by atomic mass is 9.86. The largest absolute Gasteiger partial charge is 0.342 e. The van der Waals surface area contributed by atoms with Gasteiger partial charge in [-0.1, -0.05) is 26.8 Å². The molecule has 3 nitrogen and oxygen atoms in total. The van der Waals surface area contributed by atoms with Gasteiger partial charge in [-0.05, 0) is 31.5 Å². The number of nitrogens with zero attached hydrogens (tertiary/aromatic N) is 2. The van der Waals surface area contributed by atoms with Gasteiger partial charge in [0.25, 0.3) is 0 Å². The van der Waals surface area contributed by atoms with Gasteiger partial charge in [-0.15, -0.1) is 0 Å². The first kappa shape index (κ1) is 12.6. The van der Waals surface area contributed by atoms with Gasteiger partial charge in [-0.25, -0.2) is 4.98 Å². The number of H-pyrrole nitrogens is 1. The van der Waals surface area contributed by atoms with Crippen molar-refractivity contribution in [2.45, 2.75) is 45.4 Å². The molecule has 0 atom stereocenters. The average molecular weight is 241 g/mol. The van der Waals surface area contributed by atoms with Gasteiger partial charge in [0.15, 0.2) is 0 Å². The minimum atomic E-state index is -0.471. The van der Waals surface area contributed by atoms with E-state index in [0.717, 1.165) is 22.4 Å². The van der Waals surface area contributed by atoms with Gasteiger partial charge in [0.05, 0.1) is 22.5 Å². The Morgan fingerprint density at radius 1 is 1.17 bits per heavy atom. The summed E-state index contributed by atoms with van der Waals surface area (Å²) in [5, 5.41) is 9.18. The molecule has 0 saturated heterocycles. The van der Waals surface area contributed by atoms with Crippen LogP contribution in [0.2, 0.25) is 0 Å². The highest BCUT2D eigenvalue weighted by Gasteiger charge is 2.22. The second-order valence-corrected chi connectivity index (χ2v) is 6.30. The van der Waals surface area contributed by atoms with Crippen LogP contribution in [0.5, 0.6) is 0 Å². The van der Waals surface area contributed by atoms with Gasteiger partial charge < -0.3 is 4.98 Å². The molecule has 0 amide bonds. The zero-order valence-corrected chi connectivity index (χ0v) is 11.6. The second-order valence-electron chi connectivity index (χ2n) is 6.30. The first-order valence-electron chi connectivity index (χ1n) is 6.16. The van der Waals surface area contributed by atoms with E-state index in [9.17, 15) is 5.26 Å². The van der Waals surface area contributed by atoms with E-state index in [4.69, 9.17) is 0 Å². The van der Waals surface area contributed by atoms with Crippen molar-refractivity contribution in [3.05, 3.63) is 29.6 Å². The standard InChI is InChI=1S/C15H19N3/c1-14(2,3)13-17-11-7-6-10(8-12(11)18-13)15(4,5)9-16/h6-8H,1-5H3,(H,17,18). The smallest absolute Gasteiger partial charge is 0.112 e. The molecule has 1 N–H and O–H groups in total. The summed E-state index contributed by atoms with van der Waals surface area (Å²) in [5.74, 6) is 0.976. The molecule has 0 aliphatic rings. The van der Waals surface area contributed by atoms with E-state index in [0.29, 0.717) is 0 Å². The lowest BCUT2D eigenvalue weighted by Gasteiger charge is -2.15. The molecular formula is C15H19N3. The number of nitrogens with one attached hydrogen (secondary N) is 1. The second kappa shape index (κ2) is 3.84. The number of aromatic amines is 1. The quantitative estimate of drug-likeness (QED) is 0.828. The molecule has 1 aromatic carbocycles. The first-order valence-corrected chi connectivity index (χ1v) is 6.16. The summed E-state index contributed by atoms with van der Waals surface area (Å²) < 4.78 is 0. The van der Waals surface area contributed by atoms with Crippen LogP contribution in [-0.4, -0.2) is 9.97 Å². The number of hydrogen-bond acceptors (Lipinski definition) is 2. The molecule has 0 aliphatic carbocycles. The zero-order valence-electron chi connectivity index (χ0n) is 11.6. The van der Waals surface area contributed by atoms with Crippen LogP contribution in [0.4, 0.5) is 0 Å². The summed E-state index contributed by atoms with van der Waals surface area (Å²) >= 11 is 0. The molecule has 2 aromatic rings. The number of nitriles is 1. The van der Waals surface area contributed by atoms with Crippen molar-refractivity contribution in [2.24, 2.45) is 0 Å². The van der Waals surface area contributed by atoms with Crippen LogP contribution in [0.15, 0.2) is 18.2 Å². The maximum Gasteiger partial charge on any atom is 0.112 e. The predicted molar refractivity (Wildman–Crippen MR) is 73.4 cm³/mol. The number of rotatable bonds is 1. The van der Waals surface area contributed by atoms with E-state index in [-0.39, 0.29) is 5.41 Å². The van der Waals surface area contributed by atoms with E-state index >= 15 is 0 Å². The fraction of sp³-hybridized carbons (Fsp3) is 0.467. The molecule has 2 rings (SSSR count). The third kappa shape index (κ3) is 2.11. The summed E-state index contributed by atoms with van der Waals surface area (Å²) in [6.07, 6.45) is 0. The van der Waals surface area contributed by atoms with E-state index in [2.05, 4.69) is 36.8 Å². The average Bonchev–Trinajstić information content (AvgIpc) is 2.71. The normalized spacial score (nSPS) is 12.7. The lowest BCUT2D eigenvalue weighted by molar-refractivity contribution is 0.554. The summed E-state index contributed by atoms with van der Waals surface area (Å²) in [7, 11) is 0. The Morgan fingerprint density at radius 3 is 2.39 bits per heavy atom. The molecule has 1 heterocycles. The molecule has 0 unspecified atom stereocenters. The van der Waals surface area contributed by atoms with Crippen LogP contribution in [0.1, 0.15) is 46.0 Å². The van der Waals surface area contributed by atoms with Gasteiger partial charge in [0, 0.05) is 5.41 Å². The fourth-order valence-electron chi connectivity index (χ4n) is 1.82. The van der Waals surface area contributed by atoms with E-state index < -0.39 is 5.41 Å². The van der Waals surface area contributed by atoms with Crippen molar-refractivity contribution in [3.63, 3.8) is 0 Å². The maximum absolute atomic E-state index is 9.18. The highest BCUT2D eigenvalue weighted by molar-refractivity contribution is 5.76. The van der Waals surface area contributed by atoms with Gasteiger partial charge in [-0.2, -0.15) is 5.26 Å². The monoisotopic (exact) mass is 241 g/mol. The molecule has 0 fully saturated rings. The third-order valence-electron chi connectivity index (χ3n) is 3.19. The molecule has 0 bridgehead atoms. The number of hydrogen-bond donors (Lipinski definition) is 1. The van der Waals surface area contributed by atoms with E-state index in [1.807, 2.05) is 32.0 Å². The van der Waals surface area contributed by atoms with Gasteiger partial charge >= 0.3 is 0 Å². The lowest BCUT2D eigenvalue weighted by Crippen LogP contribution is -2.13. The molecule has 0 spiro atoms. The molecule has 0 saturated carbocycles. The first-order chi connectivity index (χ1) is 8.24. The summed E-state index contributed by atoms with van der Waals surface area (Å²) in [6.45, 7) is 10.2. The molecule has 0 radical (unpaired) electrons. The Bertz CT molecular complexity index is 621. The number of benzene rings is 1. The summed E-state index contributed by atoms with van der Waals surface area (Å²) in [5.41, 5.74) is 2.50. The number of imidazole rings is 1. The third-order valence-corrected chi connectivity index (χ3v) is 3.19. The topological polar surface area (TPSA) is 52.5 Å².